The van der Waals surface area contributed by atoms with Gasteiger partial charge >= 0.3 is 0 Å². The minimum absolute atomic E-state index is 0.0208. The summed E-state index contributed by atoms with van der Waals surface area (Å²) in [5.41, 5.74) is 0.628. The molecule has 1 saturated heterocycles. The number of aliphatic hydroxyl groups excluding tert-OH is 1. The highest BCUT2D eigenvalue weighted by Gasteiger charge is 2.31. The summed E-state index contributed by atoms with van der Waals surface area (Å²) < 4.78 is 0. The van der Waals surface area contributed by atoms with Gasteiger partial charge in [0.25, 0.3) is 5.91 Å². The van der Waals surface area contributed by atoms with E-state index in [4.69, 9.17) is 0 Å². The molecule has 0 aromatic heterocycles. The van der Waals surface area contributed by atoms with E-state index in [1.807, 2.05) is 18.2 Å². The molecule has 2 fully saturated rings. The van der Waals surface area contributed by atoms with Crippen LogP contribution in [-0.4, -0.2) is 58.6 Å². The SMILES string of the molecule is O=C(CSCC1CC1)N[C@@H]1CCN(C(=O)c2ccccc2)C[C@H]1O. The van der Waals surface area contributed by atoms with Gasteiger partial charge in [0.2, 0.25) is 5.91 Å². The summed E-state index contributed by atoms with van der Waals surface area (Å²) in [5, 5.41) is 13.2. The molecule has 0 bridgehead atoms. The average Bonchev–Trinajstić information content (AvgIpc) is 3.41. The maximum Gasteiger partial charge on any atom is 0.253 e. The van der Waals surface area contributed by atoms with Gasteiger partial charge < -0.3 is 15.3 Å². The summed E-state index contributed by atoms with van der Waals surface area (Å²) in [7, 11) is 0. The van der Waals surface area contributed by atoms with E-state index in [0.717, 1.165) is 11.7 Å². The molecule has 0 unspecified atom stereocenters. The minimum Gasteiger partial charge on any atom is -0.389 e. The van der Waals surface area contributed by atoms with E-state index in [1.165, 1.54) is 12.8 Å². The number of thioether (sulfide) groups is 1. The maximum atomic E-state index is 12.4. The number of nitrogens with zero attached hydrogens (tertiary/aromatic N) is 1. The first-order valence-electron chi connectivity index (χ1n) is 8.53. The van der Waals surface area contributed by atoms with Crippen molar-refractivity contribution in [1.82, 2.24) is 10.2 Å². The Kier molecular flexibility index (Phi) is 5.79. The van der Waals surface area contributed by atoms with Crippen molar-refractivity contribution < 1.29 is 14.7 Å². The number of hydrogen-bond donors (Lipinski definition) is 2. The number of amides is 2. The maximum absolute atomic E-state index is 12.4. The summed E-state index contributed by atoms with van der Waals surface area (Å²) in [6, 6.07) is 8.82. The third-order valence-electron chi connectivity index (χ3n) is 4.52. The summed E-state index contributed by atoms with van der Waals surface area (Å²) >= 11 is 1.67. The Balaban J connectivity index is 1.44. The van der Waals surface area contributed by atoms with E-state index in [9.17, 15) is 14.7 Å². The third-order valence-corrected chi connectivity index (χ3v) is 5.69. The van der Waals surface area contributed by atoms with Crippen molar-refractivity contribution >= 4 is 23.6 Å². The zero-order chi connectivity index (χ0) is 16.9. The fourth-order valence-corrected chi connectivity index (χ4v) is 3.95. The summed E-state index contributed by atoms with van der Waals surface area (Å²) in [5.74, 6) is 2.22. The molecule has 5 nitrogen and oxygen atoms in total. The molecule has 2 aliphatic rings. The Hall–Kier alpha value is -1.53. The first kappa shape index (κ1) is 17.3. The van der Waals surface area contributed by atoms with Crippen LogP contribution in [0.25, 0.3) is 0 Å². The van der Waals surface area contributed by atoms with Crippen LogP contribution in [-0.2, 0) is 4.79 Å². The lowest BCUT2D eigenvalue weighted by molar-refractivity contribution is -0.120. The van der Waals surface area contributed by atoms with Gasteiger partial charge in [-0.3, -0.25) is 9.59 Å². The van der Waals surface area contributed by atoms with Gasteiger partial charge in [0.1, 0.15) is 0 Å². The molecule has 2 atom stereocenters. The van der Waals surface area contributed by atoms with E-state index in [1.54, 1.807) is 28.8 Å². The zero-order valence-electron chi connectivity index (χ0n) is 13.7. The van der Waals surface area contributed by atoms with Crippen LogP contribution in [0.4, 0.5) is 0 Å². The molecule has 1 aromatic rings. The molecule has 2 N–H and O–H groups in total. The molecule has 1 aliphatic carbocycles. The van der Waals surface area contributed by atoms with Gasteiger partial charge in [0, 0.05) is 18.7 Å². The largest absolute Gasteiger partial charge is 0.389 e. The van der Waals surface area contributed by atoms with Crippen LogP contribution in [0.2, 0.25) is 0 Å². The number of carbonyl (C=O) groups excluding carboxylic acids is 2. The molecule has 2 amide bonds. The monoisotopic (exact) mass is 348 g/mol. The molecule has 3 rings (SSSR count). The van der Waals surface area contributed by atoms with E-state index in [0.29, 0.717) is 24.3 Å². The molecule has 1 aromatic carbocycles. The molecular formula is C18H24N2O3S. The predicted octanol–water partition coefficient (Wildman–Crippen LogP) is 1.52. The second kappa shape index (κ2) is 8.03. The van der Waals surface area contributed by atoms with E-state index >= 15 is 0 Å². The van der Waals surface area contributed by atoms with Crippen LogP contribution < -0.4 is 5.32 Å². The molecule has 130 valence electrons. The molecular weight excluding hydrogens is 324 g/mol. The number of aliphatic hydroxyl groups is 1. The standard InChI is InChI=1S/C18H24N2O3S/c21-16-10-20(18(23)14-4-2-1-3-5-14)9-8-15(16)19-17(22)12-24-11-13-6-7-13/h1-5,13,15-16,21H,6-12H2,(H,19,22)/t15-,16-/m1/s1. The topological polar surface area (TPSA) is 69.6 Å². The molecule has 1 saturated carbocycles. The Morgan fingerprint density at radius 3 is 2.62 bits per heavy atom. The van der Waals surface area contributed by atoms with Crippen molar-refractivity contribution in [3.05, 3.63) is 35.9 Å². The fourth-order valence-electron chi connectivity index (χ4n) is 2.90. The minimum atomic E-state index is -0.719. The number of likely N-dealkylation sites (tertiary alicyclic amines) is 1. The van der Waals surface area contributed by atoms with Crippen molar-refractivity contribution in [1.29, 1.82) is 0 Å². The van der Waals surface area contributed by atoms with Gasteiger partial charge in [-0.15, -0.1) is 0 Å². The second-order valence-electron chi connectivity index (χ2n) is 6.61. The molecule has 0 spiro atoms. The van der Waals surface area contributed by atoms with Crippen molar-refractivity contribution in [3.8, 4) is 0 Å². The summed E-state index contributed by atoms with van der Waals surface area (Å²) in [6.45, 7) is 0.804. The van der Waals surface area contributed by atoms with Crippen molar-refractivity contribution in [2.75, 3.05) is 24.6 Å². The van der Waals surface area contributed by atoms with Crippen molar-refractivity contribution in [2.45, 2.75) is 31.4 Å². The van der Waals surface area contributed by atoms with Gasteiger partial charge in [0.05, 0.1) is 17.9 Å². The van der Waals surface area contributed by atoms with Crippen LogP contribution in [0.5, 0.6) is 0 Å². The molecule has 6 heteroatoms. The number of hydrogen-bond acceptors (Lipinski definition) is 4. The lowest BCUT2D eigenvalue weighted by atomic mass is 10.0. The highest BCUT2D eigenvalue weighted by Crippen LogP contribution is 2.32. The van der Waals surface area contributed by atoms with Crippen LogP contribution in [0.15, 0.2) is 30.3 Å². The molecule has 0 radical (unpaired) electrons. The lowest BCUT2D eigenvalue weighted by Gasteiger charge is -2.36. The van der Waals surface area contributed by atoms with E-state index in [2.05, 4.69) is 5.32 Å². The van der Waals surface area contributed by atoms with E-state index < -0.39 is 6.10 Å². The second-order valence-corrected chi connectivity index (χ2v) is 7.64. The van der Waals surface area contributed by atoms with Crippen LogP contribution >= 0.6 is 11.8 Å². The Morgan fingerprint density at radius 1 is 1.21 bits per heavy atom. The third kappa shape index (κ3) is 4.74. The predicted molar refractivity (Wildman–Crippen MR) is 94.9 cm³/mol. The summed E-state index contributed by atoms with van der Waals surface area (Å²) in [4.78, 5) is 26.0. The Bertz CT molecular complexity index is 577. The molecule has 24 heavy (non-hydrogen) atoms. The Morgan fingerprint density at radius 2 is 1.96 bits per heavy atom. The fraction of sp³-hybridized carbons (Fsp3) is 0.556. The Labute approximate surface area is 146 Å². The summed E-state index contributed by atoms with van der Waals surface area (Å²) in [6.07, 6.45) is 2.45. The van der Waals surface area contributed by atoms with Crippen LogP contribution in [0.1, 0.15) is 29.6 Å². The lowest BCUT2D eigenvalue weighted by Crippen LogP contribution is -2.55. The highest BCUT2D eigenvalue weighted by molar-refractivity contribution is 7.99. The first-order valence-corrected chi connectivity index (χ1v) is 9.68. The number of piperidine rings is 1. The zero-order valence-corrected chi connectivity index (χ0v) is 14.5. The average molecular weight is 348 g/mol. The number of rotatable bonds is 6. The van der Waals surface area contributed by atoms with E-state index in [-0.39, 0.29) is 24.4 Å². The number of nitrogens with one attached hydrogen (secondary N) is 1. The number of benzene rings is 1. The quantitative estimate of drug-likeness (QED) is 0.818. The van der Waals surface area contributed by atoms with Gasteiger partial charge in [-0.05, 0) is 43.1 Å². The van der Waals surface area contributed by atoms with Crippen molar-refractivity contribution in [3.63, 3.8) is 0 Å². The van der Waals surface area contributed by atoms with Crippen molar-refractivity contribution in [2.24, 2.45) is 5.92 Å². The van der Waals surface area contributed by atoms with Crippen LogP contribution in [0, 0.1) is 5.92 Å². The van der Waals surface area contributed by atoms with Gasteiger partial charge in [-0.1, -0.05) is 18.2 Å². The van der Waals surface area contributed by atoms with Crippen LogP contribution in [0.3, 0.4) is 0 Å². The smallest absolute Gasteiger partial charge is 0.253 e. The number of carbonyl (C=O) groups is 2. The first-order chi connectivity index (χ1) is 11.6. The van der Waals surface area contributed by atoms with Gasteiger partial charge in [-0.2, -0.15) is 11.8 Å². The van der Waals surface area contributed by atoms with Gasteiger partial charge in [-0.25, -0.2) is 0 Å². The molecule has 1 aliphatic heterocycles. The highest BCUT2D eigenvalue weighted by atomic mass is 32.2. The molecule has 1 heterocycles. The van der Waals surface area contributed by atoms with Gasteiger partial charge in [0.15, 0.2) is 0 Å². The normalized spacial score (nSPS) is 23.8. The number of β-amino-alcohol motifs (C(OH)–C–C–N with tert-alkyl or cyclic N) is 1.